The van der Waals surface area contributed by atoms with E-state index in [1.165, 1.54) is 20.8 Å². The highest BCUT2D eigenvalue weighted by atomic mass is 16.8. The molecule has 0 radical (unpaired) electrons. The van der Waals surface area contributed by atoms with E-state index in [0.29, 0.717) is 44.9 Å². The van der Waals surface area contributed by atoms with Crippen molar-refractivity contribution in [1.82, 2.24) is 0 Å². The molecule has 9 rings (SSSR count). The van der Waals surface area contributed by atoms with E-state index >= 15 is 4.79 Å². The van der Waals surface area contributed by atoms with Gasteiger partial charge >= 0.3 is 17.9 Å². The fourth-order valence-corrected chi connectivity index (χ4v) is 16.7. The van der Waals surface area contributed by atoms with Crippen LogP contribution in [0.2, 0.25) is 0 Å². The van der Waals surface area contributed by atoms with Crippen molar-refractivity contribution in [3.05, 3.63) is 11.6 Å². The molecule has 0 aromatic rings. The summed E-state index contributed by atoms with van der Waals surface area (Å²) in [5.74, 6) is -4.25. The Balaban J connectivity index is 0.995. The molecule has 4 saturated heterocycles. The van der Waals surface area contributed by atoms with Crippen molar-refractivity contribution in [1.29, 1.82) is 0 Å². The maximum Gasteiger partial charge on any atom is 0.315 e. The van der Waals surface area contributed by atoms with Crippen LogP contribution in [0.1, 0.15) is 113 Å². The van der Waals surface area contributed by atoms with Crippen molar-refractivity contribution in [3.63, 3.8) is 0 Å². The summed E-state index contributed by atoms with van der Waals surface area (Å²) in [5, 5.41) is 143. The van der Waals surface area contributed by atoms with Crippen molar-refractivity contribution in [2.24, 2.45) is 50.2 Å². The number of ether oxygens (including phenoxy) is 9. The zero-order valence-corrected chi connectivity index (χ0v) is 46.6. The Hall–Kier alpha value is -2.61. The molecule has 25 heteroatoms. The van der Waals surface area contributed by atoms with E-state index in [0.717, 1.165) is 12.5 Å². The zero-order chi connectivity index (χ0) is 58.7. The highest BCUT2D eigenvalue weighted by molar-refractivity contribution is 5.79. The van der Waals surface area contributed by atoms with Gasteiger partial charge in [0.2, 0.25) is 6.29 Å². The minimum absolute atomic E-state index is 0.0407. The molecule has 9 aliphatic rings. The first kappa shape index (κ1) is 61.9. The minimum Gasteiger partial charge on any atom is -0.481 e. The van der Waals surface area contributed by atoms with Gasteiger partial charge in [0, 0.05) is 12.3 Å². The molecule has 0 bridgehead atoms. The van der Waals surface area contributed by atoms with Crippen LogP contribution in [-0.4, -0.2) is 233 Å². The van der Waals surface area contributed by atoms with Crippen LogP contribution in [0.3, 0.4) is 0 Å². The van der Waals surface area contributed by atoms with E-state index in [9.17, 15) is 76.0 Å². The molecular weight excluding hydrogens is 1060 g/mol. The van der Waals surface area contributed by atoms with Crippen LogP contribution in [0.5, 0.6) is 0 Å². The van der Waals surface area contributed by atoms with Gasteiger partial charge in [0.25, 0.3) is 0 Å². The van der Waals surface area contributed by atoms with Crippen LogP contribution in [-0.2, 0) is 57.0 Å². The van der Waals surface area contributed by atoms with E-state index in [-0.39, 0.29) is 30.8 Å². The molecule has 25 nitrogen and oxygen atoms in total. The number of aliphatic carboxylic acids is 1. The Kier molecular flexibility index (Phi) is 17.3. The maximum absolute atomic E-state index is 15.5. The van der Waals surface area contributed by atoms with Crippen LogP contribution >= 0.6 is 0 Å². The number of aliphatic hydroxyl groups excluding tert-OH is 12. The van der Waals surface area contributed by atoms with Crippen molar-refractivity contribution in [2.45, 2.75) is 242 Å². The zero-order valence-electron chi connectivity index (χ0n) is 46.6. The third kappa shape index (κ3) is 9.89. The van der Waals surface area contributed by atoms with E-state index in [1.807, 2.05) is 6.92 Å². The second kappa shape index (κ2) is 22.3. The van der Waals surface area contributed by atoms with Crippen LogP contribution in [0.15, 0.2) is 11.6 Å². The molecule has 8 fully saturated rings. The monoisotopic (exact) mass is 1150 g/mol. The first-order valence-electron chi connectivity index (χ1n) is 28.3. The third-order valence-corrected chi connectivity index (χ3v) is 21.2. The fourth-order valence-electron chi connectivity index (χ4n) is 16.7. The maximum atomic E-state index is 15.5. The van der Waals surface area contributed by atoms with E-state index in [2.05, 4.69) is 26.8 Å². The molecule has 0 aromatic heterocycles. The largest absolute Gasteiger partial charge is 0.481 e. The standard InChI is InChI=1S/C55H86O25/c1-22-40(77-44-36(65)32(61)28(60)20-72-44)35(64)38(67)45(73-22)78-42-39(68)41(75-24(3)58)23(2)74-47(42)80-49(71)54-14-13-50(4,5)17-26(54)25-9-10-30-51(6)18-27(59)43(79-46-37(66)34(63)33(62)29(19-56)76-46)53(8,48(69)70)31(51)11-12-52(30,7)55(25,21-57)16-15-54/h9,22-23,26-47,56-57,59-68H,10-21H2,1-8H3,(H,69,70)/t22-,23+,26-,27-,28+,29+,30+,31?,32-,33+,34-,35-,36+,37+,38+,39-,40-,41-,42+,43-,44-,45-,46-,47-,51+,52+,53-,54-,55-/m0/s1. The first-order chi connectivity index (χ1) is 37.4. The Morgan fingerprint density at radius 2 is 1.24 bits per heavy atom. The lowest BCUT2D eigenvalue weighted by molar-refractivity contribution is -0.373. The number of hydrogen-bond acceptors (Lipinski definition) is 24. The van der Waals surface area contributed by atoms with Gasteiger partial charge in [0.1, 0.15) is 73.2 Å². The summed E-state index contributed by atoms with van der Waals surface area (Å²) in [6.45, 7) is 12.4. The lowest BCUT2D eigenvalue weighted by Gasteiger charge is -2.71. The van der Waals surface area contributed by atoms with E-state index in [1.54, 1.807) is 0 Å². The van der Waals surface area contributed by atoms with Gasteiger partial charge in [0.05, 0.1) is 49.0 Å². The molecule has 80 heavy (non-hydrogen) atoms. The van der Waals surface area contributed by atoms with Crippen molar-refractivity contribution in [2.75, 3.05) is 19.8 Å². The fraction of sp³-hybridized carbons (Fsp3) is 0.909. The highest BCUT2D eigenvalue weighted by Crippen LogP contribution is 2.76. The molecule has 456 valence electrons. The second-order valence-electron chi connectivity index (χ2n) is 26.2. The topological polar surface area (TPSA) is 397 Å². The molecule has 4 saturated carbocycles. The normalized spacial score (nSPS) is 52.9. The average molecular weight is 1150 g/mol. The van der Waals surface area contributed by atoms with E-state index < -0.39 is 199 Å². The number of carboxylic acids is 1. The van der Waals surface area contributed by atoms with E-state index in [4.69, 9.17) is 42.6 Å². The number of carbonyl (C=O) groups excluding carboxylic acids is 2. The van der Waals surface area contributed by atoms with Gasteiger partial charge in [0.15, 0.2) is 31.1 Å². The van der Waals surface area contributed by atoms with Crippen molar-refractivity contribution < 1.29 is 123 Å². The van der Waals surface area contributed by atoms with Crippen molar-refractivity contribution in [3.8, 4) is 0 Å². The van der Waals surface area contributed by atoms with Gasteiger partial charge in [-0.3, -0.25) is 14.4 Å². The highest BCUT2D eigenvalue weighted by Gasteiger charge is 2.74. The van der Waals surface area contributed by atoms with Crippen LogP contribution in [0.25, 0.3) is 0 Å². The Bertz CT molecular complexity index is 2300. The Labute approximate surface area is 464 Å². The van der Waals surface area contributed by atoms with Gasteiger partial charge in [-0.25, -0.2) is 0 Å². The SMILES string of the molecule is CC(=O)O[C@@H]1[C@H](O)[C@@H](O[C@@H]2O[C@@H](C)[C@H](O[C@@H]3OC[C@@H](O)[C@H](O)[C@H]3O)[C@@H](O)[C@H]2O)[C@H](OC(=O)[C@]23CCC(C)(C)C[C@H]2C2=CC[C@@H]4[C@@]5(C)C[C@H](O)[C@H](O[C@@H]6O[C@H](CO)[C@@H](O)[C@H](O)[C@H]6O)[C@@](C)(C(=O)O)C5CC[C@@]4(C)[C@]2(CO)CC3)O[C@@H]1C. The van der Waals surface area contributed by atoms with Gasteiger partial charge in [-0.05, 0) is 113 Å². The summed E-state index contributed by atoms with van der Waals surface area (Å²) in [4.78, 5) is 41.7. The number of aliphatic hydroxyl groups is 12. The minimum atomic E-state index is -1.93. The molecule has 4 heterocycles. The molecule has 5 aliphatic carbocycles. The third-order valence-electron chi connectivity index (χ3n) is 21.2. The molecule has 1 unspecified atom stereocenters. The first-order valence-corrected chi connectivity index (χ1v) is 28.3. The summed E-state index contributed by atoms with van der Waals surface area (Å²) in [7, 11) is 0. The lowest BCUT2D eigenvalue weighted by atomic mass is 9.33. The van der Waals surface area contributed by atoms with Gasteiger partial charge in [-0.15, -0.1) is 0 Å². The quantitative estimate of drug-likeness (QED) is 0.0585. The molecular formula is C55H86O25. The van der Waals surface area contributed by atoms with Gasteiger partial charge in [-0.1, -0.05) is 39.3 Å². The van der Waals surface area contributed by atoms with Crippen molar-refractivity contribution >= 4 is 17.9 Å². The second-order valence-corrected chi connectivity index (χ2v) is 26.2. The average Bonchev–Trinajstić information content (AvgIpc) is 1.89. The van der Waals surface area contributed by atoms with Crippen LogP contribution in [0, 0.1) is 50.2 Å². The summed E-state index contributed by atoms with van der Waals surface area (Å²) >= 11 is 0. The van der Waals surface area contributed by atoms with Crippen LogP contribution in [0.4, 0.5) is 0 Å². The smallest absolute Gasteiger partial charge is 0.315 e. The van der Waals surface area contributed by atoms with Gasteiger partial charge < -0.3 is 109 Å². The molecule has 0 aromatic carbocycles. The van der Waals surface area contributed by atoms with Crippen LogP contribution < -0.4 is 0 Å². The summed E-state index contributed by atoms with van der Waals surface area (Å²) in [5.41, 5.74) is -5.09. The lowest BCUT2D eigenvalue weighted by Crippen LogP contribution is -2.71. The number of carbonyl (C=O) groups is 3. The predicted molar refractivity (Wildman–Crippen MR) is 268 cm³/mol. The summed E-state index contributed by atoms with van der Waals surface area (Å²) in [6.07, 6.45) is -28.2. The predicted octanol–water partition coefficient (Wildman–Crippen LogP) is -1.76. The molecule has 0 amide bonds. The van der Waals surface area contributed by atoms with Gasteiger partial charge in [-0.2, -0.15) is 0 Å². The number of allylic oxidation sites excluding steroid dienone is 1. The number of fused-ring (bicyclic) bond motifs is 7. The number of esters is 2. The molecule has 0 spiro atoms. The number of hydrogen-bond donors (Lipinski definition) is 13. The Morgan fingerprint density at radius 1 is 0.625 bits per heavy atom. The Morgan fingerprint density at radius 3 is 1.89 bits per heavy atom. The molecule has 4 aliphatic heterocycles. The number of rotatable bonds is 12. The summed E-state index contributed by atoms with van der Waals surface area (Å²) < 4.78 is 53.3. The summed E-state index contributed by atoms with van der Waals surface area (Å²) in [6, 6.07) is 0. The molecule has 29 atom stereocenters. The number of carboxylic acid groups (broad SMARTS) is 1. The molecule has 13 N–H and O–H groups in total.